The first-order valence-electron chi connectivity index (χ1n) is 7.52. The van der Waals surface area contributed by atoms with Gasteiger partial charge in [-0.2, -0.15) is 0 Å². The number of benzene rings is 1. The Morgan fingerprint density at radius 2 is 2.00 bits per heavy atom. The van der Waals surface area contributed by atoms with Crippen molar-refractivity contribution in [1.82, 2.24) is 9.55 Å². The summed E-state index contributed by atoms with van der Waals surface area (Å²) >= 11 is 0. The number of nitrogens with zero attached hydrogens (tertiary/aromatic N) is 2. The van der Waals surface area contributed by atoms with Crippen molar-refractivity contribution >= 4 is 11.0 Å². The zero-order valence-electron chi connectivity index (χ0n) is 12.2. The van der Waals surface area contributed by atoms with Crippen LogP contribution in [-0.4, -0.2) is 16.2 Å². The van der Waals surface area contributed by atoms with Crippen LogP contribution in [0.1, 0.15) is 17.5 Å². The Labute approximate surface area is 128 Å². The van der Waals surface area contributed by atoms with Crippen LogP contribution in [0.4, 0.5) is 0 Å². The fourth-order valence-corrected chi connectivity index (χ4v) is 3.02. The molecular formula is C18H16N2O2. The SMILES string of the molecule is O=c1c2c(n(Cc3ccccc3)c3ncccc13)OCCC2. The lowest BCUT2D eigenvalue weighted by Crippen LogP contribution is -2.24. The van der Waals surface area contributed by atoms with Crippen LogP contribution in [-0.2, 0) is 13.0 Å². The lowest BCUT2D eigenvalue weighted by molar-refractivity contribution is 0.263. The van der Waals surface area contributed by atoms with Gasteiger partial charge in [0.25, 0.3) is 0 Å². The molecule has 1 aromatic carbocycles. The van der Waals surface area contributed by atoms with Crippen LogP contribution in [0.5, 0.6) is 5.88 Å². The molecule has 1 aliphatic heterocycles. The number of aromatic nitrogens is 2. The second kappa shape index (κ2) is 5.30. The number of hydrogen-bond donors (Lipinski definition) is 0. The molecule has 2 aromatic heterocycles. The minimum absolute atomic E-state index is 0.0575. The van der Waals surface area contributed by atoms with E-state index in [0.29, 0.717) is 30.1 Å². The van der Waals surface area contributed by atoms with Crippen LogP contribution in [0.15, 0.2) is 53.5 Å². The Morgan fingerprint density at radius 1 is 1.14 bits per heavy atom. The monoisotopic (exact) mass is 292 g/mol. The molecule has 4 nitrogen and oxygen atoms in total. The van der Waals surface area contributed by atoms with Gasteiger partial charge in [-0.15, -0.1) is 0 Å². The summed E-state index contributed by atoms with van der Waals surface area (Å²) in [6.45, 7) is 1.30. The van der Waals surface area contributed by atoms with Crippen molar-refractivity contribution in [1.29, 1.82) is 0 Å². The van der Waals surface area contributed by atoms with Crippen molar-refractivity contribution < 1.29 is 4.74 Å². The molecule has 0 unspecified atom stereocenters. The third-order valence-corrected chi connectivity index (χ3v) is 4.06. The number of ether oxygens (including phenoxy) is 1. The standard InChI is InChI=1S/C18H16N2O2/c21-16-14-8-4-10-19-17(14)20(12-13-6-2-1-3-7-13)18-15(16)9-5-11-22-18/h1-4,6-8,10H,5,9,11-12H2. The number of hydrogen-bond acceptors (Lipinski definition) is 3. The van der Waals surface area contributed by atoms with Gasteiger partial charge >= 0.3 is 0 Å². The van der Waals surface area contributed by atoms with E-state index in [1.165, 1.54) is 0 Å². The second-order valence-electron chi connectivity index (χ2n) is 5.51. The first-order valence-corrected chi connectivity index (χ1v) is 7.52. The maximum absolute atomic E-state index is 12.6. The third-order valence-electron chi connectivity index (χ3n) is 4.06. The average Bonchev–Trinajstić information content (AvgIpc) is 2.59. The molecule has 0 spiro atoms. The highest BCUT2D eigenvalue weighted by atomic mass is 16.5. The fraction of sp³-hybridized carbons (Fsp3) is 0.222. The second-order valence-corrected chi connectivity index (χ2v) is 5.51. The molecule has 0 aliphatic carbocycles. The van der Waals surface area contributed by atoms with Gasteiger partial charge in [-0.1, -0.05) is 30.3 Å². The largest absolute Gasteiger partial charge is 0.478 e. The highest BCUT2D eigenvalue weighted by Crippen LogP contribution is 2.26. The topological polar surface area (TPSA) is 44.1 Å². The molecule has 0 radical (unpaired) electrons. The number of rotatable bonds is 2. The zero-order valence-corrected chi connectivity index (χ0v) is 12.2. The van der Waals surface area contributed by atoms with Gasteiger partial charge in [-0.05, 0) is 30.5 Å². The lowest BCUT2D eigenvalue weighted by Gasteiger charge is -2.23. The Kier molecular flexibility index (Phi) is 3.15. The smallest absolute Gasteiger partial charge is 0.202 e. The van der Waals surface area contributed by atoms with Crippen LogP contribution in [0.2, 0.25) is 0 Å². The maximum atomic E-state index is 12.6. The molecule has 0 bridgehead atoms. The van der Waals surface area contributed by atoms with E-state index in [4.69, 9.17) is 4.74 Å². The van der Waals surface area contributed by atoms with E-state index in [9.17, 15) is 4.79 Å². The molecule has 1 aliphatic rings. The molecular weight excluding hydrogens is 276 g/mol. The summed E-state index contributed by atoms with van der Waals surface area (Å²) in [5.74, 6) is 0.686. The molecule has 0 N–H and O–H groups in total. The molecule has 3 heterocycles. The van der Waals surface area contributed by atoms with Crippen molar-refractivity contribution in [2.24, 2.45) is 0 Å². The molecule has 0 saturated heterocycles. The zero-order chi connectivity index (χ0) is 14.9. The first-order chi connectivity index (χ1) is 10.8. The lowest BCUT2D eigenvalue weighted by atomic mass is 10.1. The Hall–Kier alpha value is -2.62. The van der Waals surface area contributed by atoms with E-state index >= 15 is 0 Å². The molecule has 0 fully saturated rings. The van der Waals surface area contributed by atoms with Gasteiger partial charge in [-0.25, -0.2) is 4.98 Å². The van der Waals surface area contributed by atoms with Gasteiger partial charge < -0.3 is 4.74 Å². The van der Waals surface area contributed by atoms with Crippen LogP contribution in [0.25, 0.3) is 11.0 Å². The minimum Gasteiger partial charge on any atom is -0.478 e. The summed E-state index contributed by atoms with van der Waals surface area (Å²) in [5, 5.41) is 0.669. The normalized spacial score (nSPS) is 13.6. The van der Waals surface area contributed by atoms with Crippen LogP contribution < -0.4 is 10.2 Å². The average molecular weight is 292 g/mol. The quantitative estimate of drug-likeness (QED) is 0.729. The molecule has 4 rings (SSSR count). The minimum atomic E-state index is 0.0575. The molecule has 0 atom stereocenters. The summed E-state index contributed by atoms with van der Waals surface area (Å²) in [6.07, 6.45) is 3.38. The van der Waals surface area contributed by atoms with Crippen LogP contribution in [0.3, 0.4) is 0 Å². The summed E-state index contributed by atoms with van der Waals surface area (Å²) in [4.78, 5) is 17.1. The Bertz CT molecular complexity index is 885. The van der Waals surface area contributed by atoms with Gasteiger partial charge in [0.05, 0.1) is 24.1 Å². The first kappa shape index (κ1) is 13.1. The summed E-state index contributed by atoms with van der Waals surface area (Å²) in [6, 6.07) is 13.8. The predicted molar refractivity (Wildman–Crippen MR) is 85.4 cm³/mol. The van der Waals surface area contributed by atoms with Crippen molar-refractivity contribution in [2.75, 3.05) is 6.61 Å². The number of pyridine rings is 2. The van der Waals surface area contributed by atoms with Crippen molar-refractivity contribution in [3.63, 3.8) is 0 Å². The summed E-state index contributed by atoms with van der Waals surface area (Å²) < 4.78 is 7.87. The molecule has 0 saturated carbocycles. The fourth-order valence-electron chi connectivity index (χ4n) is 3.02. The van der Waals surface area contributed by atoms with E-state index < -0.39 is 0 Å². The van der Waals surface area contributed by atoms with Crippen LogP contribution >= 0.6 is 0 Å². The van der Waals surface area contributed by atoms with Gasteiger partial charge in [0.15, 0.2) is 5.43 Å². The van der Waals surface area contributed by atoms with E-state index in [-0.39, 0.29) is 5.43 Å². The summed E-state index contributed by atoms with van der Waals surface area (Å²) in [7, 11) is 0. The molecule has 110 valence electrons. The van der Waals surface area contributed by atoms with Crippen molar-refractivity contribution in [3.05, 3.63) is 70.0 Å². The summed E-state index contributed by atoms with van der Waals surface area (Å²) in [5.41, 5.74) is 2.69. The Balaban J connectivity index is 1.99. The van der Waals surface area contributed by atoms with Crippen LogP contribution in [0, 0.1) is 0 Å². The van der Waals surface area contributed by atoms with E-state index in [1.807, 2.05) is 34.9 Å². The van der Waals surface area contributed by atoms with Gasteiger partial charge in [0.2, 0.25) is 5.88 Å². The van der Waals surface area contributed by atoms with Gasteiger partial charge in [0.1, 0.15) is 5.65 Å². The molecule has 4 heteroatoms. The highest BCUT2D eigenvalue weighted by Gasteiger charge is 2.21. The molecule has 22 heavy (non-hydrogen) atoms. The molecule has 0 amide bonds. The van der Waals surface area contributed by atoms with E-state index in [2.05, 4.69) is 17.1 Å². The maximum Gasteiger partial charge on any atom is 0.202 e. The highest BCUT2D eigenvalue weighted by molar-refractivity contribution is 5.77. The van der Waals surface area contributed by atoms with E-state index in [1.54, 1.807) is 6.20 Å². The van der Waals surface area contributed by atoms with Crippen molar-refractivity contribution in [2.45, 2.75) is 19.4 Å². The third kappa shape index (κ3) is 2.08. The van der Waals surface area contributed by atoms with Gasteiger partial charge in [-0.3, -0.25) is 9.36 Å². The Morgan fingerprint density at radius 3 is 2.86 bits per heavy atom. The predicted octanol–water partition coefficient (Wildman–Crippen LogP) is 2.77. The van der Waals surface area contributed by atoms with E-state index in [0.717, 1.165) is 24.0 Å². The van der Waals surface area contributed by atoms with Gasteiger partial charge in [0, 0.05) is 6.20 Å². The molecule has 3 aromatic rings. The number of fused-ring (bicyclic) bond motifs is 2. The van der Waals surface area contributed by atoms with Crippen molar-refractivity contribution in [3.8, 4) is 5.88 Å².